The molecule has 0 saturated carbocycles. The van der Waals surface area contributed by atoms with Crippen molar-refractivity contribution in [2.24, 2.45) is 5.84 Å². The molecule has 0 aliphatic rings. The van der Waals surface area contributed by atoms with Crippen LogP contribution in [-0.2, 0) is 6.42 Å². The molecule has 0 aliphatic carbocycles. The molecule has 0 saturated heterocycles. The molecule has 0 amide bonds. The largest absolute Gasteiger partial charge is 0.383 e. The van der Waals surface area contributed by atoms with E-state index < -0.39 is 0 Å². The van der Waals surface area contributed by atoms with Gasteiger partial charge >= 0.3 is 0 Å². The Labute approximate surface area is 123 Å². The first-order valence-corrected chi connectivity index (χ1v) is 7.52. The van der Waals surface area contributed by atoms with Gasteiger partial charge in [-0.25, -0.2) is 4.98 Å². The first-order valence-electron chi connectivity index (χ1n) is 6.54. The molecular weight excluding hydrogens is 268 g/mol. The molecule has 0 aliphatic heterocycles. The van der Waals surface area contributed by atoms with Gasteiger partial charge in [-0.3, -0.25) is 11.3 Å². The Morgan fingerprint density at radius 1 is 1.25 bits per heavy atom. The van der Waals surface area contributed by atoms with Gasteiger partial charge in [0, 0.05) is 22.9 Å². The van der Waals surface area contributed by atoms with E-state index in [0.29, 0.717) is 5.82 Å². The molecular formula is C15H20N4S. The lowest BCUT2D eigenvalue weighted by Gasteiger charge is -2.16. The number of anilines is 1. The van der Waals surface area contributed by atoms with E-state index in [1.165, 1.54) is 10.5 Å². The summed E-state index contributed by atoms with van der Waals surface area (Å²) in [6.45, 7) is 2.09. The van der Waals surface area contributed by atoms with E-state index in [1.807, 2.05) is 12.1 Å². The van der Waals surface area contributed by atoms with E-state index in [-0.39, 0.29) is 6.04 Å². The monoisotopic (exact) mass is 288 g/mol. The van der Waals surface area contributed by atoms with Crippen molar-refractivity contribution in [2.75, 3.05) is 11.5 Å². The molecule has 5 N–H and O–H groups in total. The van der Waals surface area contributed by atoms with Gasteiger partial charge in [0.05, 0.1) is 0 Å². The van der Waals surface area contributed by atoms with Crippen molar-refractivity contribution in [2.45, 2.75) is 24.3 Å². The average molecular weight is 288 g/mol. The number of nitrogens with zero attached hydrogens (tertiary/aromatic N) is 1. The summed E-state index contributed by atoms with van der Waals surface area (Å²) >= 11 is 1.78. The average Bonchev–Trinajstić information content (AvgIpc) is 2.47. The summed E-state index contributed by atoms with van der Waals surface area (Å²) in [5.74, 6) is 7.09. The standard InChI is InChI=1S/C15H20N4S/c1-11-4-6-14(7-5-11)20-10-13(19-17)9-12-3-2-8-18-15(12)16/h2-8,13,19H,9-10,17H2,1H3,(H2,16,18). The van der Waals surface area contributed by atoms with Crippen molar-refractivity contribution in [1.29, 1.82) is 0 Å². The van der Waals surface area contributed by atoms with Crippen LogP contribution >= 0.6 is 11.8 Å². The Bertz CT molecular complexity index is 542. The molecule has 2 rings (SSSR count). The number of benzene rings is 1. The van der Waals surface area contributed by atoms with Crippen LogP contribution in [-0.4, -0.2) is 16.8 Å². The first-order chi connectivity index (χ1) is 9.69. The lowest BCUT2D eigenvalue weighted by atomic mass is 10.1. The van der Waals surface area contributed by atoms with E-state index in [0.717, 1.165) is 17.7 Å². The minimum Gasteiger partial charge on any atom is -0.383 e. The van der Waals surface area contributed by atoms with Crippen molar-refractivity contribution >= 4 is 17.6 Å². The van der Waals surface area contributed by atoms with Gasteiger partial charge in [-0.15, -0.1) is 11.8 Å². The zero-order valence-corrected chi connectivity index (χ0v) is 12.4. The van der Waals surface area contributed by atoms with Crippen LogP contribution in [0.5, 0.6) is 0 Å². The highest BCUT2D eigenvalue weighted by atomic mass is 32.2. The van der Waals surface area contributed by atoms with Crippen molar-refractivity contribution in [3.63, 3.8) is 0 Å². The van der Waals surface area contributed by atoms with Gasteiger partial charge in [0.2, 0.25) is 0 Å². The molecule has 4 nitrogen and oxygen atoms in total. The fourth-order valence-electron chi connectivity index (χ4n) is 1.89. The van der Waals surface area contributed by atoms with Crippen molar-refractivity contribution in [3.8, 4) is 0 Å². The van der Waals surface area contributed by atoms with Crippen molar-refractivity contribution in [3.05, 3.63) is 53.7 Å². The minimum atomic E-state index is 0.160. The summed E-state index contributed by atoms with van der Waals surface area (Å²) in [5.41, 5.74) is 11.0. The van der Waals surface area contributed by atoms with E-state index in [4.69, 9.17) is 11.6 Å². The lowest BCUT2D eigenvalue weighted by molar-refractivity contribution is 0.575. The molecule has 0 radical (unpaired) electrons. The number of hydrogen-bond donors (Lipinski definition) is 3. The van der Waals surface area contributed by atoms with Crippen LogP contribution in [0.3, 0.4) is 0 Å². The third-order valence-corrected chi connectivity index (χ3v) is 4.27. The van der Waals surface area contributed by atoms with Crippen molar-refractivity contribution in [1.82, 2.24) is 10.4 Å². The van der Waals surface area contributed by atoms with Crippen LogP contribution in [0.2, 0.25) is 0 Å². The molecule has 1 aromatic carbocycles. The summed E-state index contributed by atoms with van der Waals surface area (Å²) in [6, 6.07) is 12.5. The number of thioether (sulfide) groups is 1. The Morgan fingerprint density at radius 2 is 2.00 bits per heavy atom. The third-order valence-electron chi connectivity index (χ3n) is 3.10. The maximum Gasteiger partial charge on any atom is 0.126 e. The van der Waals surface area contributed by atoms with Gasteiger partial charge in [0.1, 0.15) is 5.82 Å². The SMILES string of the molecule is Cc1ccc(SCC(Cc2cccnc2N)NN)cc1. The maximum atomic E-state index is 5.86. The molecule has 20 heavy (non-hydrogen) atoms. The summed E-state index contributed by atoms with van der Waals surface area (Å²) in [5, 5.41) is 0. The number of nitrogens with two attached hydrogens (primary N) is 2. The number of nitrogen functional groups attached to an aromatic ring is 1. The number of hydrazine groups is 1. The topological polar surface area (TPSA) is 77.0 Å². The second-order valence-electron chi connectivity index (χ2n) is 4.74. The van der Waals surface area contributed by atoms with Crippen LogP contribution in [0.15, 0.2) is 47.5 Å². The number of rotatable bonds is 6. The fourth-order valence-corrected chi connectivity index (χ4v) is 2.82. The summed E-state index contributed by atoms with van der Waals surface area (Å²) in [6.07, 6.45) is 2.47. The van der Waals surface area contributed by atoms with Crippen LogP contribution < -0.4 is 17.0 Å². The van der Waals surface area contributed by atoms with E-state index in [2.05, 4.69) is 41.6 Å². The van der Waals surface area contributed by atoms with Gasteiger partial charge in [-0.05, 0) is 37.1 Å². The normalized spacial score (nSPS) is 12.3. The number of pyridine rings is 1. The van der Waals surface area contributed by atoms with Gasteiger partial charge in [-0.1, -0.05) is 23.8 Å². The van der Waals surface area contributed by atoms with Crippen LogP contribution in [0, 0.1) is 6.92 Å². The predicted octanol–water partition coefficient (Wildman–Crippen LogP) is 2.14. The van der Waals surface area contributed by atoms with Crippen LogP contribution in [0.4, 0.5) is 5.82 Å². The highest BCUT2D eigenvalue weighted by molar-refractivity contribution is 7.99. The molecule has 0 fully saturated rings. The Morgan fingerprint density at radius 3 is 2.65 bits per heavy atom. The van der Waals surface area contributed by atoms with Crippen LogP contribution in [0.25, 0.3) is 0 Å². The number of nitrogens with one attached hydrogen (secondary N) is 1. The first kappa shape index (κ1) is 14.8. The Balaban J connectivity index is 1.92. The summed E-state index contributed by atoms with van der Waals surface area (Å²) < 4.78 is 0. The molecule has 0 spiro atoms. The predicted molar refractivity (Wildman–Crippen MR) is 85.4 cm³/mol. The van der Waals surface area contributed by atoms with Gasteiger partial charge < -0.3 is 5.73 Å². The Kier molecular flexibility index (Phi) is 5.40. The van der Waals surface area contributed by atoms with E-state index in [9.17, 15) is 0 Å². The molecule has 1 unspecified atom stereocenters. The molecule has 5 heteroatoms. The molecule has 0 bridgehead atoms. The number of aryl methyl sites for hydroxylation is 1. The van der Waals surface area contributed by atoms with Crippen LogP contribution in [0.1, 0.15) is 11.1 Å². The van der Waals surface area contributed by atoms with Crippen molar-refractivity contribution < 1.29 is 0 Å². The minimum absolute atomic E-state index is 0.160. The molecule has 1 atom stereocenters. The highest BCUT2D eigenvalue weighted by Gasteiger charge is 2.10. The van der Waals surface area contributed by atoms with Gasteiger partial charge in [-0.2, -0.15) is 0 Å². The van der Waals surface area contributed by atoms with E-state index >= 15 is 0 Å². The smallest absolute Gasteiger partial charge is 0.126 e. The highest BCUT2D eigenvalue weighted by Crippen LogP contribution is 2.20. The summed E-state index contributed by atoms with van der Waals surface area (Å²) in [7, 11) is 0. The van der Waals surface area contributed by atoms with Gasteiger partial charge in [0.15, 0.2) is 0 Å². The molecule has 1 aromatic heterocycles. The molecule has 106 valence electrons. The zero-order chi connectivity index (χ0) is 14.4. The second kappa shape index (κ2) is 7.28. The summed E-state index contributed by atoms with van der Waals surface area (Å²) in [4.78, 5) is 5.34. The second-order valence-corrected chi connectivity index (χ2v) is 5.83. The quantitative estimate of drug-likeness (QED) is 0.431. The lowest BCUT2D eigenvalue weighted by Crippen LogP contribution is -2.38. The molecule has 1 heterocycles. The Hall–Kier alpha value is -1.56. The molecule has 2 aromatic rings. The maximum absolute atomic E-state index is 5.86. The number of aromatic nitrogens is 1. The zero-order valence-electron chi connectivity index (χ0n) is 11.5. The van der Waals surface area contributed by atoms with Gasteiger partial charge in [0.25, 0.3) is 0 Å². The third kappa shape index (κ3) is 4.23. The number of hydrogen-bond acceptors (Lipinski definition) is 5. The fraction of sp³-hybridized carbons (Fsp3) is 0.267. The van der Waals surface area contributed by atoms with E-state index in [1.54, 1.807) is 18.0 Å².